The average molecular weight is 405 g/mol. The summed E-state index contributed by atoms with van der Waals surface area (Å²) in [4.78, 5) is 29.0. The van der Waals surface area contributed by atoms with Crippen molar-refractivity contribution in [3.05, 3.63) is 70.7 Å². The van der Waals surface area contributed by atoms with Gasteiger partial charge in [-0.1, -0.05) is 42.0 Å². The molecule has 1 aromatic heterocycles. The van der Waals surface area contributed by atoms with Crippen LogP contribution in [0.2, 0.25) is 0 Å². The summed E-state index contributed by atoms with van der Waals surface area (Å²) >= 11 is 1.45. The number of hydrogen-bond donors (Lipinski definition) is 1. The van der Waals surface area contributed by atoms with Gasteiger partial charge in [0, 0.05) is 10.9 Å². The lowest BCUT2D eigenvalue weighted by atomic mass is 10.2. The van der Waals surface area contributed by atoms with E-state index in [9.17, 15) is 9.59 Å². The molecule has 2 aromatic carbocycles. The molecule has 1 N–H and O–H groups in total. The molecular weight excluding hydrogens is 386 g/mol. The summed E-state index contributed by atoms with van der Waals surface area (Å²) in [5.41, 5.74) is 3.47. The highest BCUT2D eigenvalue weighted by Crippen LogP contribution is 2.24. The predicted molar refractivity (Wildman–Crippen MR) is 111 cm³/mol. The van der Waals surface area contributed by atoms with Crippen molar-refractivity contribution in [2.24, 2.45) is 0 Å². The number of carbonyl (C=O) groups is 2. The van der Waals surface area contributed by atoms with Gasteiger partial charge in [0.25, 0.3) is 5.91 Å². The number of amides is 1. The summed E-state index contributed by atoms with van der Waals surface area (Å²) in [7, 11) is 0. The molecule has 6 nitrogen and oxygen atoms in total. The van der Waals surface area contributed by atoms with E-state index in [-0.39, 0.29) is 6.42 Å². The number of aryl methyl sites for hydroxylation is 1. The van der Waals surface area contributed by atoms with Crippen molar-refractivity contribution >= 4 is 28.9 Å². The first-order chi connectivity index (χ1) is 14.0. The summed E-state index contributed by atoms with van der Waals surface area (Å²) in [5, 5.41) is 14.3. The number of nitriles is 1. The van der Waals surface area contributed by atoms with E-state index >= 15 is 0 Å². The molecule has 0 bridgehead atoms. The fourth-order valence-electron chi connectivity index (χ4n) is 2.58. The number of para-hydroxylation sites is 1. The number of esters is 1. The first-order valence-electron chi connectivity index (χ1n) is 8.97. The third-order valence-corrected chi connectivity index (χ3v) is 5.10. The number of nitrogens with one attached hydrogen (secondary N) is 1. The number of carbonyl (C=O) groups excluding carboxylic acids is 2. The van der Waals surface area contributed by atoms with Crippen LogP contribution in [0.25, 0.3) is 10.6 Å². The second-order valence-electron chi connectivity index (χ2n) is 6.47. The van der Waals surface area contributed by atoms with E-state index in [4.69, 9.17) is 10.00 Å². The molecule has 1 heterocycles. The maximum atomic E-state index is 12.3. The minimum atomic E-state index is -0.996. The molecule has 0 saturated heterocycles. The molecule has 0 aliphatic heterocycles. The van der Waals surface area contributed by atoms with E-state index in [0.717, 1.165) is 10.6 Å². The van der Waals surface area contributed by atoms with Gasteiger partial charge < -0.3 is 10.1 Å². The van der Waals surface area contributed by atoms with Crippen LogP contribution in [0.1, 0.15) is 23.7 Å². The fraction of sp³-hybridized carbons (Fsp3) is 0.182. The lowest BCUT2D eigenvalue weighted by Crippen LogP contribution is -2.30. The zero-order valence-electron chi connectivity index (χ0n) is 16.0. The van der Waals surface area contributed by atoms with Gasteiger partial charge in [0.15, 0.2) is 6.10 Å². The largest absolute Gasteiger partial charge is 0.452 e. The summed E-state index contributed by atoms with van der Waals surface area (Å²) < 4.78 is 5.22. The van der Waals surface area contributed by atoms with E-state index in [1.807, 2.05) is 42.6 Å². The van der Waals surface area contributed by atoms with Gasteiger partial charge in [-0.2, -0.15) is 5.26 Å². The van der Waals surface area contributed by atoms with Gasteiger partial charge in [-0.15, -0.1) is 11.3 Å². The molecule has 146 valence electrons. The maximum Gasteiger partial charge on any atom is 0.312 e. The SMILES string of the molecule is Cc1ccc(-c2nc(CC(=O)O[C@@H](C)C(=O)Nc3ccccc3C#N)cs2)cc1. The number of thiazole rings is 1. The van der Waals surface area contributed by atoms with Crippen molar-refractivity contribution in [1.29, 1.82) is 5.26 Å². The lowest BCUT2D eigenvalue weighted by molar-refractivity contribution is -0.152. The topological polar surface area (TPSA) is 92.1 Å². The molecule has 0 unspecified atom stereocenters. The van der Waals surface area contributed by atoms with E-state index in [0.29, 0.717) is 16.9 Å². The lowest BCUT2D eigenvalue weighted by Gasteiger charge is -2.13. The Labute approximate surface area is 172 Å². The number of anilines is 1. The molecule has 1 atom stereocenters. The Kier molecular flexibility index (Phi) is 6.37. The molecule has 3 rings (SSSR count). The molecule has 29 heavy (non-hydrogen) atoms. The second-order valence-corrected chi connectivity index (χ2v) is 7.32. The smallest absolute Gasteiger partial charge is 0.312 e. The van der Waals surface area contributed by atoms with Gasteiger partial charge in [-0.25, -0.2) is 4.98 Å². The Morgan fingerprint density at radius 3 is 2.66 bits per heavy atom. The molecular formula is C22H19N3O3S. The summed E-state index contributed by atoms with van der Waals surface area (Å²) in [5.74, 6) is -1.04. The van der Waals surface area contributed by atoms with Crippen LogP contribution >= 0.6 is 11.3 Å². The van der Waals surface area contributed by atoms with Crippen LogP contribution in [0.3, 0.4) is 0 Å². The van der Waals surface area contributed by atoms with Crippen molar-refractivity contribution in [3.63, 3.8) is 0 Å². The molecule has 0 spiro atoms. The number of benzene rings is 2. The highest BCUT2D eigenvalue weighted by Gasteiger charge is 2.20. The van der Waals surface area contributed by atoms with Crippen LogP contribution in [0, 0.1) is 18.3 Å². The van der Waals surface area contributed by atoms with Gasteiger partial charge in [-0.05, 0) is 26.0 Å². The normalized spacial score (nSPS) is 11.3. The predicted octanol–water partition coefficient (Wildman–Crippen LogP) is 4.10. The molecule has 0 aliphatic rings. The number of rotatable bonds is 6. The molecule has 0 radical (unpaired) electrons. The van der Waals surface area contributed by atoms with E-state index in [1.54, 1.807) is 24.3 Å². The highest BCUT2D eigenvalue weighted by molar-refractivity contribution is 7.13. The Balaban J connectivity index is 1.57. The van der Waals surface area contributed by atoms with Crippen LogP contribution in [0.5, 0.6) is 0 Å². The van der Waals surface area contributed by atoms with Crippen LogP contribution in [0.15, 0.2) is 53.9 Å². The average Bonchev–Trinajstić information content (AvgIpc) is 3.17. The van der Waals surface area contributed by atoms with Crippen LogP contribution in [0.4, 0.5) is 5.69 Å². The highest BCUT2D eigenvalue weighted by atomic mass is 32.1. The number of ether oxygens (including phenoxy) is 1. The van der Waals surface area contributed by atoms with Crippen LogP contribution in [-0.2, 0) is 20.7 Å². The van der Waals surface area contributed by atoms with Gasteiger partial charge >= 0.3 is 5.97 Å². The molecule has 0 aliphatic carbocycles. The molecule has 0 fully saturated rings. The van der Waals surface area contributed by atoms with Crippen molar-refractivity contribution < 1.29 is 14.3 Å². The summed E-state index contributed by atoms with van der Waals surface area (Å²) in [6, 6.07) is 16.6. The Morgan fingerprint density at radius 2 is 1.93 bits per heavy atom. The summed E-state index contributed by atoms with van der Waals surface area (Å²) in [6.45, 7) is 3.50. The van der Waals surface area contributed by atoms with Gasteiger partial charge in [0.2, 0.25) is 0 Å². The first-order valence-corrected chi connectivity index (χ1v) is 9.85. The Morgan fingerprint density at radius 1 is 1.21 bits per heavy atom. The van der Waals surface area contributed by atoms with Gasteiger partial charge in [0.1, 0.15) is 11.1 Å². The number of aromatic nitrogens is 1. The van der Waals surface area contributed by atoms with Crippen molar-refractivity contribution in [2.75, 3.05) is 5.32 Å². The zero-order chi connectivity index (χ0) is 20.8. The first kappa shape index (κ1) is 20.2. The standard InChI is InChI=1S/C22H19N3O3S/c1-14-7-9-16(10-8-14)22-24-18(13-29-22)11-20(26)28-15(2)21(27)25-19-6-4-3-5-17(19)12-23/h3-10,13,15H,11H2,1-2H3,(H,25,27)/t15-/m0/s1. The number of nitrogens with zero attached hydrogens (tertiary/aromatic N) is 2. The Hall–Kier alpha value is -3.50. The third-order valence-electron chi connectivity index (χ3n) is 4.16. The number of hydrogen-bond acceptors (Lipinski definition) is 6. The van der Waals surface area contributed by atoms with E-state index < -0.39 is 18.0 Å². The third kappa shape index (κ3) is 5.27. The van der Waals surface area contributed by atoms with Gasteiger partial charge in [-0.3, -0.25) is 9.59 Å². The molecule has 3 aromatic rings. The van der Waals surface area contributed by atoms with Crippen molar-refractivity contribution in [2.45, 2.75) is 26.4 Å². The Bertz CT molecular complexity index is 1070. The molecule has 1 amide bonds. The quantitative estimate of drug-likeness (QED) is 0.623. The monoisotopic (exact) mass is 405 g/mol. The van der Waals surface area contributed by atoms with E-state index in [1.165, 1.54) is 23.8 Å². The summed E-state index contributed by atoms with van der Waals surface area (Å²) in [6.07, 6.45) is -1.01. The van der Waals surface area contributed by atoms with Crippen LogP contribution in [-0.4, -0.2) is 23.0 Å². The molecule has 7 heteroatoms. The molecule has 0 saturated carbocycles. The van der Waals surface area contributed by atoms with Crippen molar-refractivity contribution in [1.82, 2.24) is 4.98 Å². The minimum absolute atomic E-state index is 0.0191. The maximum absolute atomic E-state index is 12.3. The second kappa shape index (κ2) is 9.13. The zero-order valence-corrected chi connectivity index (χ0v) is 16.8. The van der Waals surface area contributed by atoms with Gasteiger partial charge in [0.05, 0.1) is 23.4 Å². The van der Waals surface area contributed by atoms with Crippen molar-refractivity contribution in [3.8, 4) is 16.6 Å². The van der Waals surface area contributed by atoms with Crippen LogP contribution < -0.4 is 5.32 Å². The minimum Gasteiger partial charge on any atom is -0.452 e. The van der Waals surface area contributed by atoms with E-state index in [2.05, 4.69) is 10.3 Å². The fourth-order valence-corrected chi connectivity index (χ4v) is 3.41.